The quantitative estimate of drug-likeness (QED) is 0.824. The van der Waals surface area contributed by atoms with Crippen molar-refractivity contribution < 1.29 is 18.4 Å². The lowest BCUT2D eigenvalue weighted by Crippen LogP contribution is -2.38. The number of piperidine rings is 1. The van der Waals surface area contributed by atoms with Crippen molar-refractivity contribution in [1.29, 1.82) is 0 Å². The van der Waals surface area contributed by atoms with Gasteiger partial charge in [-0.05, 0) is 43.4 Å². The minimum absolute atomic E-state index is 0.0698. The molecule has 0 spiro atoms. The lowest BCUT2D eigenvalue weighted by atomic mass is 9.99. The molecule has 0 bridgehead atoms. The van der Waals surface area contributed by atoms with Gasteiger partial charge in [0, 0.05) is 19.6 Å². The molecule has 1 fully saturated rings. The topological polar surface area (TPSA) is 87.5 Å². The maximum atomic E-state index is 12.9. The Hall–Kier alpha value is -2.90. The van der Waals surface area contributed by atoms with Gasteiger partial charge in [-0.2, -0.15) is 0 Å². The maximum Gasteiger partial charge on any atom is 0.315 e. The summed E-state index contributed by atoms with van der Waals surface area (Å²) in [4.78, 5) is 30.6. The van der Waals surface area contributed by atoms with Crippen molar-refractivity contribution in [3.63, 3.8) is 0 Å². The Morgan fingerprint density at radius 1 is 1.18 bits per heavy atom. The van der Waals surface area contributed by atoms with Crippen LogP contribution >= 0.6 is 0 Å². The van der Waals surface area contributed by atoms with E-state index in [0.717, 1.165) is 31.5 Å². The van der Waals surface area contributed by atoms with E-state index >= 15 is 0 Å². The first-order chi connectivity index (χ1) is 13.4. The lowest BCUT2D eigenvalue weighted by Gasteiger charge is -2.29. The van der Waals surface area contributed by atoms with Gasteiger partial charge in [-0.15, -0.1) is 0 Å². The number of carbonyl (C=O) groups excluding carboxylic acids is 2. The average molecular weight is 388 g/mol. The summed E-state index contributed by atoms with van der Waals surface area (Å²) in [6.07, 6.45) is 1.98. The first-order valence-electron chi connectivity index (χ1n) is 9.44. The SMILES string of the molecule is Cc1oc(CNC(=O)NCc2ccc(F)cc2)nc1C(=O)N1CCC(C)CC1. The van der Waals surface area contributed by atoms with Crippen LogP contribution in [0, 0.1) is 18.7 Å². The molecule has 3 rings (SSSR count). The predicted octanol–water partition coefficient (Wildman–Crippen LogP) is 2.99. The number of oxazole rings is 1. The lowest BCUT2D eigenvalue weighted by molar-refractivity contribution is 0.0690. The molecule has 0 aliphatic carbocycles. The van der Waals surface area contributed by atoms with E-state index in [2.05, 4.69) is 22.5 Å². The molecule has 150 valence electrons. The summed E-state index contributed by atoms with van der Waals surface area (Å²) in [5, 5.41) is 5.31. The fourth-order valence-corrected chi connectivity index (χ4v) is 3.09. The third-order valence-electron chi connectivity index (χ3n) is 4.88. The monoisotopic (exact) mass is 388 g/mol. The number of hydrogen-bond acceptors (Lipinski definition) is 4. The van der Waals surface area contributed by atoms with E-state index in [0.29, 0.717) is 17.4 Å². The fourth-order valence-electron chi connectivity index (χ4n) is 3.09. The smallest absolute Gasteiger partial charge is 0.315 e. The highest BCUT2D eigenvalue weighted by atomic mass is 19.1. The molecule has 0 saturated carbocycles. The highest BCUT2D eigenvalue weighted by Gasteiger charge is 2.26. The third kappa shape index (κ3) is 5.09. The molecule has 0 atom stereocenters. The zero-order valence-corrected chi connectivity index (χ0v) is 16.1. The summed E-state index contributed by atoms with van der Waals surface area (Å²) in [5.41, 5.74) is 1.09. The highest BCUT2D eigenvalue weighted by molar-refractivity contribution is 5.93. The van der Waals surface area contributed by atoms with Crippen molar-refractivity contribution in [3.05, 3.63) is 53.0 Å². The zero-order chi connectivity index (χ0) is 20.1. The molecule has 7 nitrogen and oxygen atoms in total. The molecule has 1 aliphatic rings. The molecular formula is C20H25FN4O3. The number of nitrogens with one attached hydrogen (secondary N) is 2. The Morgan fingerprint density at radius 2 is 1.82 bits per heavy atom. The standard InChI is InChI=1S/C20H25FN4O3/c1-13-7-9-25(10-8-13)19(26)18-14(2)28-17(24-18)12-23-20(27)22-11-15-3-5-16(21)6-4-15/h3-6,13H,7-12H2,1-2H3,(H2,22,23,27). The van der Waals surface area contributed by atoms with Crippen LogP contribution in [0.4, 0.5) is 9.18 Å². The van der Waals surface area contributed by atoms with Crippen molar-refractivity contribution in [2.75, 3.05) is 13.1 Å². The minimum atomic E-state index is -0.405. The van der Waals surface area contributed by atoms with E-state index in [9.17, 15) is 14.0 Å². The minimum Gasteiger partial charge on any atom is -0.443 e. The van der Waals surface area contributed by atoms with E-state index in [1.165, 1.54) is 12.1 Å². The van der Waals surface area contributed by atoms with E-state index in [-0.39, 0.29) is 30.7 Å². The van der Waals surface area contributed by atoms with Crippen molar-refractivity contribution >= 4 is 11.9 Å². The molecule has 3 amide bonds. The van der Waals surface area contributed by atoms with Gasteiger partial charge in [0.25, 0.3) is 5.91 Å². The predicted molar refractivity (Wildman–Crippen MR) is 101 cm³/mol. The van der Waals surface area contributed by atoms with Crippen molar-refractivity contribution in [2.24, 2.45) is 5.92 Å². The number of hydrogen-bond donors (Lipinski definition) is 2. The Kier molecular flexibility index (Phi) is 6.28. The first-order valence-corrected chi connectivity index (χ1v) is 9.44. The Morgan fingerprint density at radius 3 is 2.50 bits per heavy atom. The van der Waals surface area contributed by atoms with Gasteiger partial charge in [-0.1, -0.05) is 19.1 Å². The van der Waals surface area contributed by atoms with Gasteiger partial charge >= 0.3 is 6.03 Å². The van der Waals surface area contributed by atoms with Gasteiger partial charge in [0.05, 0.1) is 6.54 Å². The van der Waals surface area contributed by atoms with Crippen LogP contribution in [0.25, 0.3) is 0 Å². The number of urea groups is 1. The summed E-state index contributed by atoms with van der Waals surface area (Å²) < 4.78 is 18.4. The maximum absolute atomic E-state index is 12.9. The number of aryl methyl sites for hydroxylation is 1. The van der Waals surface area contributed by atoms with Crippen LogP contribution in [0.3, 0.4) is 0 Å². The van der Waals surface area contributed by atoms with Crippen LogP contribution < -0.4 is 10.6 Å². The van der Waals surface area contributed by atoms with Gasteiger partial charge in [0.1, 0.15) is 11.6 Å². The van der Waals surface area contributed by atoms with Crippen molar-refractivity contribution in [3.8, 4) is 0 Å². The average Bonchev–Trinajstić information content (AvgIpc) is 3.06. The molecule has 0 unspecified atom stereocenters. The van der Waals surface area contributed by atoms with E-state index in [1.807, 2.05) is 0 Å². The second kappa shape index (κ2) is 8.86. The fraction of sp³-hybridized carbons (Fsp3) is 0.450. The molecule has 1 aliphatic heterocycles. The van der Waals surface area contributed by atoms with Crippen LogP contribution in [0.5, 0.6) is 0 Å². The van der Waals surface area contributed by atoms with Crippen LogP contribution in [-0.4, -0.2) is 34.9 Å². The molecule has 28 heavy (non-hydrogen) atoms. The summed E-state index contributed by atoms with van der Waals surface area (Å²) >= 11 is 0. The second-order valence-corrected chi connectivity index (χ2v) is 7.15. The van der Waals surface area contributed by atoms with Crippen molar-refractivity contribution in [2.45, 2.75) is 39.8 Å². The molecular weight excluding hydrogens is 363 g/mol. The van der Waals surface area contributed by atoms with Crippen LogP contribution in [0.15, 0.2) is 28.7 Å². The molecule has 0 radical (unpaired) electrons. The van der Waals surface area contributed by atoms with Gasteiger partial charge < -0.3 is 20.0 Å². The first kappa shape index (κ1) is 19.9. The van der Waals surface area contributed by atoms with Crippen molar-refractivity contribution in [1.82, 2.24) is 20.5 Å². The van der Waals surface area contributed by atoms with Gasteiger partial charge in [0.2, 0.25) is 5.89 Å². The van der Waals surface area contributed by atoms with Gasteiger partial charge in [-0.3, -0.25) is 4.79 Å². The van der Waals surface area contributed by atoms with E-state index in [1.54, 1.807) is 24.0 Å². The molecule has 2 heterocycles. The number of benzene rings is 1. The summed E-state index contributed by atoms with van der Waals surface area (Å²) in [6.45, 7) is 5.69. The number of likely N-dealkylation sites (tertiary alicyclic amines) is 1. The number of nitrogens with zero attached hydrogens (tertiary/aromatic N) is 2. The largest absolute Gasteiger partial charge is 0.443 e. The summed E-state index contributed by atoms with van der Waals surface area (Å²) in [7, 11) is 0. The molecule has 1 aromatic carbocycles. The van der Waals surface area contributed by atoms with Gasteiger partial charge in [0.15, 0.2) is 5.69 Å². The number of halogens is 1. The molecule has 2 aromatic rings. The Bertz CT molecular complexity index is 826. The number of amides is 3. The Labute approximate surface area is 163 Å². The van der Waals surface area contributed by atoms with Crippen LogP contribution in [0.2, 0.25) is 0 Å². The Balaban J connectivity index is 1.49. The van der Waals surface area contributed by atoms with E-state index in [4.69, 9.17) is 4.42 Å². The molecule has 1 saturated heterocycles. The number of carbonyl (C=O) groups is 2. The van der Waals surface area contributed by atoms with Crippen LogP contribution in [0.1, 0.15) is 47.5 Å². The normalized spacial score (nSPS) is 14.8. The third-order valence-corrected chi connectivity index (χ3v) is 4.88. The summed E-state index contributed by atoms with van der Waals surface area (Å²) in [6, 6.07) is 5.48. The zero-order valence-electron chi connectivity index (χ0n) is 16.1. The number of aromatic nitrogens is 1. The molecule has 1 aromatic heterocycles. The van der Waals surface area contributed by atoms with E-state index < -0.39 is 6.03 Å². The number of rotatable bonds is 5. The highest BCUT2D eigenvalue weighted by Crippen LogP contribution is 2.19. The van der Waals surface area contributed by atoms with Gasteiger partial charge in [-0.25, -0.2) is 14.2 Å². The van der Waals surface area contributed by atoms with Crippen LogP contribution in [-0.2, 0) is 13.1 Å². The molecule has 8 heteroatoms. The molecule has 2 N–H and O–H groups in total. The second-order valence-electron chi connectivity index (χ2n) is 7.15. The summed E-state index contributed by atoms with van der Waals surface area (Å²) in [5.74, 6) is 0.919.